The van der Waals surface area contributed by atoms with Crippen molar-refractivity contribution in [1.82, 2.24) is 0 Å². The van der Waals surface area contributed by atoms with E-state index in [-0.39, 0.29) is 35.5 Å². The summed E-state index contributed by atoms with van der Waals surface area (Å²) in [5.74, 6) is -3.00. The van der Waals surface area contributed by atoms with E-state index in [2.05, 4.69) is 0 Å². The van der Waals surface area contributed by atoms with Crippen molar-refractivity contribution < 1.29 is 29.6 Å². The fourth-order valence-corrected chi connectivity index (χ4v) is 3.84. The molecule has 0 saturated heterocycles. The highest BCUT2D eigenvalue weighted by atomic mass is 16.5. The predicted molar refractivity (Wildman–Crippen MR) is 85.3 cm³/mol. The minimum Gasteiger partial charge on any atom is -0.507 e. The summed E-state index contributed by atoms with van der Waals surface area (Å²) in [7, 11) is 0. The predicted octanol–water partition coefficient (Wildman–Crippen LogP) is 2.05. The number of carbonyl (C=O) groups is 2. The van der Waals surface area contributed by atoms with E-state index < -0.39 is 41.2 Å². The minimum absolute atomic E-state index is 0.139. The Balaban J connectivity index is 2.11. The number of rotatable bonds is 1. The summed E-state index contributed by atoms with van der Waals surface area (Å²) in [6.45, 7) is 5.53. The van der Waals surface area contributed by atoms with Crippen LogP contribution in [0.3, 0.4) is 0 Å². The monoisotopic (exact) mass is 334 g/mol. The number of phenolic OH excluding ortho intramolecular Hbond substituents is 2. The van der Waals surface area contributed by atoms with Crippen LogP contribution in [-0.4, -0.2) is 44.7 Å². The fourth-order valence-electron chi connectivity index (χ4n) is 3.84. The van der Waals surface area contributed by atoms with E-state index in [4.69, 9.17) is 4.74 Å². The second-order valence-electron chi connectivity index (χ2n) is 7.61. The van der Waals surface area contributed by atoms with E-state index in [1.807, 2.05) is 20.8 Å². The Morgan fingerprint density at radius 2 is 1.54 bits per heavy atom. The molecule has 0 bridgehead atoms. The van der Waals surface area contributed by atoms with Gasteiger partial charge in [0.15, 0.2) is 11.6 Å². The molecule has 2 aliphatic carbocycles. The molecule has 6 heteroatoms. The molecule has 130 valence electrons. The van der Waals surface area contributed by atoms with Crippen LogP contribution in [-0.2, 0) is 4.74 Å². The minimum atomic E-state index is -0.764. The number of aliphatic hydroxyl groups is 1. The van der Waals surface area contributed by atoms with Crippen LogP contribution in [0.2, 0.25) is 0 Å². The molecule has 3 N–H and O–H groups in total. The first-order valence-electron chi connectivity index (χ1n) is 8.09. The van der Waals surface area contributed by atoms with E-state index in [1.165, 1.54) is 12.1 Å². The molecule has 0 amide bonds. The molecule has 0 aromatic heterocycles. The smallest absolute Gasteiger partial charge is 0.173 e. The van der Waals surface area contributed by atoms with E-state index in [0.717, 1.165) is 0 Å². The molecular formula is C18H22O6. The molecule has 0 spiro atoms. The van der Waals surface area contributed by atoms with Gasteiger partial charge in [-0.05, 0) is 39.3 Å². The van der Waals surface area contributed by atoms with Crippen molar-refractivity contribution in [2.75, 3.05) is 0 Å². The van der Waals surface area contributed by atoms with E-state index in [1.54, 1.807) is 0 Å². The molecule has 1 aromatic carbocycles. The molecule has 1 saturated carbocycles. The number of hydrogen-bond acceptors (Lipinski definition) is 6. The highest BCUT2D eigenvalue weighted by molar-refractivity contribution is 6.19. The lowest BCUT2D eigenvalue weighted by atomic mass is 9.65. The second kappa shape index (κ2) is 5.57. The number of fused-ring (bicyclic) bond motifs is 2. The van der Waals surface area contributed by atoms with Gasteiger partial charge in [-0.1, -0.05) is 0 Å². The molecule has 0 aliphatic heterocycles. The van der Waals surface area contributed by atoms with Gasteiger partial charge < -0.3 is 20.1 Å². The first kappa shape index (κ1) is 16.9. The van der Waals surface area contributed by atoms with Crippen molar-refractivity contribution in [3.05, 3.63) is 23.3 Å². The fraction of sp³-hybridized carbons (Fsp3) is 0.556. The van der Waals surface area contributed by atoms with Gasteiger partial charge in [-0.3, -0.25) is 9.59 Å². The Bertz CT molecular complexity index is 702. The number of aliphatic hydroxyl groups excluding tert-OH is 1. The third-order valence-electron chi connectivity index (χ3n) is 4.66. The lowest BCUT2D eigenvalue weighted by Gasteiger charge is -2.43. The quantitative estimate of drug-likeness (QED) is 0.679. The average Bonchev–Trinajstić information content (AvgIpc) is 2.44. The van der Waals surface area contributed by atoms with Crippen LogP contribution in [0.5, 0.6) is 11.5 Å². The third kappa shape index (κ3) is 2.70. The van der Waals surface area contributed by atoms with Crippen molar-refractivity contribution >= 4 is 11.6 Å². The number of Topliss-reactive ketones (excluding diaryl/α,β-unsaturated/α-hetero) is 2. The highest BCUT2D eigenvalue weighted by Gasteiger charge is 2.52. The maximum Gasteiger partial charge on any atom is 0.173 e. The molecule has 2 aliphatic rings. The van der Waals surface area contributed by atoms with Crippen molar-refractivity contribution in [2.45, 2.75) is 51.4 Å². The Morgan fingerprint density at radius 3 is 2.08 bits per heavy atom. The molecular weight excluding hydrogens is 312 g/mol. The summed E-state index contributed by atoms with van der Waals surface area (Å²) in [5, 5.41) is 30.2. The summed E-state index contributed by atoms with van der Waals surface area (Å²) in [6.07, 6.45) is -0.971. The number of ketones is 2. The standard InChI is InChI=1S/C18H22O6/c1-18(2,3)24-12-7-8(19)6-9-13(12)17(23)15-11(21)5-4-10(20)14(15)16(9)22/h4-5,8-9,12-13,19-21H,6-7H2,1-3H3/t8-,9-,12-,13+/m1/s1. The normalized spacial score (nSPS) is 30.0. The summed E-state index contributed by atoms with van der Waals surface area (Å²) >= 11 is 0. The molecule has 24 heavy (non-hydrogen) atoms. The number of ether oxygens (including phenoxy) is 1. The van der Waals surface area contributed by atoms with Gasteiger partial charge in [0.1, 0.15) is 11.5 Å². The molecule has 1 aromatic rings. The first-order chi connectivity index (χ1) is 11.1. The molecule has 6 nitrogen and oxygen atoms in total. The van der Waals surface area contributed by atoms with Gasteiger partial charge in [-0.15, -0.1) is 0 Å². The van der Waals surface area contributed by atoms with Gasteiger partial charge >= 0.3 is 0 Å². The number of aromatic hydroxyl groups is 2. The van der Waals surface area contributed by atoms with Crippen LogP contribution in [0.4, 0.5) is 0 Å². The van der Waals surface area contributed by atoms with Crippen molar-refractivity contribution in [3.63, 3.8) is 0 Å². The lowest BCUT2D eigenvalue weighted by molar-refractivity contribution is -0.118. The Kier molecular flexibility index (Phi) is 3.92. The van der Waals surface area contributed by atoms with Gasteiger partial charge in [0.25, 0.3) is 0 Å². The molecule has 0 radical (unpaired) electrons. The maximum atomic E-state index is 13.0. The number of phenols is 2. The molecule has 3 rings (SSSR count). The van der Waals surface area contributed by atoms with Crippen LogP contribution in [0.1, 0.15) is 54.3 Å². The molecule has 0 unspecified atom stereocenters. The van der Waals surface area contributed by atoms with Crippen LogP contribution < -0.4 is 0 Å². The third-order valence-corrected chi connectivity index (χ3v) is 4.66. The summed E-state index contributed by atoms with van der Waals surface area (Å²) in [6, 6.07) is 2.40. The molecule has 1 fully saturated rings. The van der Waals surface area contributed by atoms with E-state index in [9.17, 15) is 24.9 Å². The van der Waals surface area contributed by atoms with Gasteiger partial charge in [0.2, 0.25) is 0 Å². The number of carbonyl (C=O) groups excluding carboxylic acids is 2. The van der Waals surface area contributed by atoms with Gasteiger partial charge in [-0.2, -0.15) is 0 Å². The summed E-state index contributed by atoms with van der Waals surface area (Å²) in [4.78, 5) is 25.8. The van der Waals surface area contributed by atoms with Crippen LogP contribution in [0.25, 0.3) is 0 Å². The largest absolute Gasteiger partial charge is 0.507 e. The highest BCUT2D eigenvalue weighted by Crippen LogP contribution is 2.46. The van der Waals surface area contributed by atoms with E-state index in [0.29, 0.717) is 0 Å². The summed E-state index contributed by atoms with van der Waals surface area (Å²) < 4.78 is 5.95. The number of benzene rings is 1. The maximum absolute atomic E-state index is 13.0. The van der Waals surface area contributed by atoms with Crippen LogP contribution in [0.15, 0.2) is 12.1 Å². The zero-order valence-electron chi connectivity index (χ0n) is 13.9. The zero-order valence-corrected chi connectivity index (χ0v) is 13.9. The number of hydrogen-bond donors (Lipinski definition) is 3. The van der Waals surface area contributed by atoms with E-state index >= 15 is 0 Å². The van der Waals surface area contributed by atoms with Crippen molar-refractivity contribution in [2.24, 2.45) is 11.8 Å². The van der Waals surface area contributed by atoms with Gasteiger partial charge in [0, 0.05) is 12.3 Å². The Morgan fingerprint density at radius 1 is 1.00 bits per heavy atom. The van der Waals surface area contributed by atoms with Gasteiger partial charge in [0.05, 0.1) is 34.9 Å². The Hall–Kier alpha value is -1.92. The lowest BCUT2D eigenvalue weighted by Crippen LogP contribution is -2.51. The molecule has 4 atom stereocenters. The summed E-state index contributed by atoms with van der Waals surface area (Å²) in [5.41, 5.74) is -0.832. The van der Waals surface area contributed by atoms with Crippen molar-refractivity contribution in [3.8, 4) is 11.5 Å². The van der Waals surface area contributed by atoms with Crippen LogP contribution in [0, 0.1) is 11.8 Å². The topological polar surface area (TPSA) is 104 Å². The average molecular weight is 334 g/mol. The second-order valence-corrected chi connectivity index (χ2v) is 7.61. The van der Waals surface area contributed by atoms with Crippen molar-refractivity contribution in [1.29, 1.82) is 0 Å². The first-order valence-corrected chi connectivity index (χ1v) is 8.09. The van der Waals surface area contributed by atoms with Gasteiger partial charge in [-0.25, -0.2) is 0 Å². The SMILES string of the molecule is CC(C)(C)O[C@@H]1C[C@H](O)C[C@H]2C(=O)c3c(O)ccc(O)c3C(=O)[C@H]12. The van der Waals surface area contributed by atoms with Crippen LogP contribution >= 0.6 is 0 Å². The Labute approximate surface area is 140 Å². The zero-order chi connectivity index (χ0) is 17.8. The molecule has 0 heterocycles.